The van der Waals surface area contributed by atoms with Gasteiger partial charge in [-0.2, -0.15) is 0 Å². The van der Waals surface area contributed by atoms with Gasteiger partial charge < -0.3 is 9.73 Å². The number of alkyl halides is 1. The Morgan fingerprint density at radius 2 is 2.18 bits per heavy atom. The van der Waals surface area contributed by atoms with Crippen molar-refractivity contribution in [3.05, 3.63) is 35.7 Å². The molecule has 1 heterocycles. The summed E-state index contributed by atoms with van der Waals surface area (Å²) in [4.78, 5) is 0. The Labute approximate surface area is 105 Å². The van der Waals surface area contributed by atoms with Gasteiger partial charge in [-0.1, -0.05) is 31.1 Å². The van der Waals surface area contributed by atoms with Crippen molar-refractivity contribution in [1.82, 2.24) is 10.2 Å². The van der Waals surface area contributed by atoms with Crippen molar-refractivity contribution in [2.45, 2.75) is 25.6 Å². The molecule has 1 N–H and O–H groups in total. The molecule has 0 spiro atoms. The Kier molecular flexibility index (Phi) is 3.64. The number of aromatic nitrogens is 2. The number of benzene rings is 1. The van der Waals surface area contributed by atoms with Crippen LogP contribution in [0.4, 0.5) is 11.7 Å². The van der Waals surface area contributed by atoms with Gasteiger partial charge in [0.2, 0.25) is 5.89 Å². The number of rotatable bonds is 4. The van der Waals surface area contributed by atoms with Crippen LogP contribution in [0.15, 0.2) is 28.7 Å². The molecule has 0 amide bonds. The molecule has 5 heteroatoms. The van der Waals surface area contributed by atoms with Crippen LogP contribution in [0.2, 0.25) is 0 Å². The minimum Gasteiger partial charge on any atom is -0.407 e. The molecular formula is C12H14ClN3O. The normalized spacial score (nSPS) is 10.8. The van der Waals surface area contributed by atoms with Crippen molar-refractivity contribution in [3.63, 3.8) is 0 Å². The lowest BCUT2D eigenvalue weighted by molar-refractivity contribution is 0.530. The largest absolute Gasteiger partial charge is 0.407 e. The molecule has 0 fully saturated rings. The van der Waals surface area contributed by atoms with E-state index >= 15 is 0 Å². The molecule has 2 rings (SSSR count). The van der Waals surface area contributed by atoms with Gasteiger partial charge in [-0.15, -0.1) is 16.7 Å². The Morgan fingerprint density at radius 3 is 2.82 bits per heavy atom. The van der Waals surface area contributed by atoms with Gasteiger partial charge >= 0.3 is 6.01 Å². The van der Waals surface area contributed by atoms with Crippen LogP contribution in [0, 0.1) is 0 Å². The first-order valence-corrected chi connectivity index (χ1v) is 5.98. The second-order valence-corrected chi connectivity index (χ2v) is 4.31. The summed E-state index contributed by atoms with van der Waals surface area (Å²) in [6.45, 7) is 4.30. The van der Waals surface area contributed by atoms with E-state index in [9.17, 15) is 0 Å². The minimum atomic E-state index is 0.223. The Balaban J connectivity index is 2.15. The molecule has 0 aliphatic rings. The monoisotopic (exact) mass is 251 g/mol. The fourth-order valence-electron chi connectivity index (χ4n) is 1.46. The zero-order valence-corrected chi connectivity index (χ0v) is 10.5. The molecule has 0 bridgehead atoms. The fraction of sp³-hybridized carbons (Fsp3) is 0.333. The van der Waals surface area contributed by atoms with Gasteiger partial charge in [-0.25, -0.2) is 0 Å². The third-order valence-corrected chi connectivity index (χ3v) is 2.61. The average Bonchev–Trinajstić information content (AvgIpc) is 2.77. The molecule has 0 radical (unpaired) electrons. The van der Waals surface area contributed by atoms with Gasteiger partial charge in [0.05, 0.1) is 0 Å². The third-order valence-electron chi connectivity index (χ3n) is 2.39. The molecule has 0 atom stereocenters. The van der Waals surface area contributed by atoms with E-state index < -0.39 is 0 Å². The van der Waals surface area contributed by atoms with Crippen molar-refractivity contribution in [1.29, 1.82) is 0 Å². The molecule has 2 aromatic rings. The highest BCUT2D eigenvalue weighted by Gasteiger charge is 2.06. The van der Waals surface area contributed by atoms with Crippen LogP contribution < -0.4 is 5.32 Å². The number of hydrogen-bond acceptors (Lipinski definition) is 4. The zero-order chi connectivity index (χ0) is 12.3. The van der Waals surface area contributed by atoms with Crippen LogP contribution in [0.1, 0.15) is 31.2 Å². The predicted octanol–water partition coefficient (Wildman–Crippen LogP) is 3.68. The fourth-order valence-corrected chi connectivity index (χ4v) is 1.57. The van der Waals surface area contributed by atoms with Crippen LogP contribution in [-0.2, 0) is 5.88 Å². The molecule has 1 aromatic carbocycles. The summed E-state index contributed by atoms with van der Waals surface area (Å²) >= 11 is 5.59. The lowest BCUT2D eigenvalue weighted by Crippen LogP contribution is -1.93. The number of anilines is 2. The van der Waals surface area contributed by atoms with Gasteiger partial charge in [0, 0.05) is 5.69 Å². The quantitative estimate of drug-likeness (QED) is 0.843. The van der Waals surface area contributed by atoms with Gasteiger partial charge in [-0.3, -0.25) is 0 Å². The first kappa shape index (κ1) is 11.9. The van der Waals surface area contributed by atoms with Crippen molar-refractivity contribution in [2.24, 2.45) is 0 Å². The summed E-state index contributed by atoms with van der Waals surface area (Å²) in [5.41, 5.74) is 2.19. The first-order valence-electron chi connectivity index (χ1n) is 5.44. The molecule has 0 unspecified atom stereocenters. The van der Waals surface area contributed by atoms with Crippen molar-refractivity contribution < 1.29 is 4.42 Å². The Bertz CT molecular complexity index is 496. The van der Waals surface area contributed by atoms with Gasteiger partial charge in [0.15, 0.2) is 0 Å². The van der Waals surface area contributed by atoms with E-state index in [1.165, 1.54) is 5.56 Å². The average molecular weight is 252 g/mol. The molecule has 4 nitrogen and oxygen atoms in total. The molecule has 0 saturated carbocycles. The summed E-state index contributed by atoms with van der Waals surface area (Å²) < 4.78 is 5.27. The Hall–Kier alpha value is -1.55. The molecule has 0 saturated heterocycles. The Morgan fingerprint density at radius 1 is 1.35 bits per heavy atom. The highest BCUT2D eigenvalue weighted by atomic mass is 35.5. The molecule has 0 aliphatic carbocycles. The number of nitrogens with zero attached hydrogens (tertiary/aromatic N) is 2. The summed E-state index contributed by atoms with van der Waals surface area (Å²) in [6.07, 6.45) is 0. The van der Waals surface area contributed by atoms with Crippen molar-refractivity contribution >= 4 is 23.3 Å². The molecule has 0 aliphatic heterocycles. The predicted molar refractivity (Wildman–Crippen MR) is 67.7 cm³/mol. The van der Waals surface area contributed by atoms with Crippen LogP contribution >= 0.6 is 11.6 Å². The SMILES string of the molecule is CC(C)c1cccc(Nc2nnc(CCl)o2)c1. The van der Waals surface area contributed by atoms with Crippen LogP contribution in [-0.4, -0.2) is 10.2 Å². The summed E-state index contributed by atoms with van der Waals surface area (Å²) in [6, 6.07) is 8.47. The van der Waals surface area contributed by atoms with E-state index in [4.69, 9.17) is 16.0 Å². The van der Waals surface area contributed by atoms with Gasteiger partial charge in [0.1, 0.15) is 5.88 Å². The number of hydrogen-bond donors (Lipinski definition) is 1. The maximum absolute atomic E-state index is 5.59. The summed E-state index contributed by atoms with van der Waals surface area (Å²) in [5.74, 6) is 1.12. The van der Waals surface area contributed by atoms with E-state index in [1.54, 1.807) is 0 Å². The van der Waals surface area contributed by atoms with Gasteiger partial charge in [0.25, 0.3) is 0 Å². The van der Waals surface area contributed by atoms with Crippen LogP contribution in [0.25, 0.3) is 0 Å². The van der Waals surface area contributed by atoms with E-state index in [2.05, 4.69) is 41.5 Å². The molecule has 1 aromatic heterocycles. The maximum Gasteiger partial charge on any atom is 0.320 e. The summed E-state index contributed by atoms with van der Waals surface area (Å²) in [7, 11) is 0. The maximum atomic E-state index is 5.59. The lowest BCUT2D eigenvalue weighted by Gasteiger charge is -2.07. The lowest BCUT2D eigenvalue weighted by atomic mass is 10.0. The highest BCUT2D eigenvalue weighted by molar-refractivity contribution is 6.16. The van der Waals surface area contributed by atoms with E-state index in [0.717, 1.165) is 5.69 Å². The molecular weight excluding hydrogens is 238 g/mol. The number of halogens is 1. The number of nitrogens with one attached hydrogen (secondary N) is 1. The minimum absolute atomic E-state index is 0.223. The van der Waals surface area contributed by atoms with E-state index in [0.29, 0.717) is 17.8 Å². The second-order valence-electron chi connectivity index (χ2n) is 4.04. The van der Waals surface area contributed by atoms with E-state index in [1.807, 2.05) is 12.1 Å². The van der Waals surface area contributed by atoms with Crippen LogP contribution in [0.5, 0.6) is 0 Å². The molecule has 90 valence electrons. The second kappa shape index (κ2) is 5.19. The third kappa shape index (κ3) is 2.97. The van der Waals surface area contributed by atoms with Crippen LogP contribution in [0.3, 0.4) is 0 Å². The standard InChI is InChI=1S/C12H14ClN3O/c1-8(2)9-4-3-5-10(6-9)14-12-16-15-11(7-13)17-12/h3-6,8H,7H2,1-2H3,(H,14,16). The van der Waals surface area contributed by atoms with E-state index in [-0.39, 0.29) is 5.88 Å². The van der Waals surface area contributed by atoms with Crippen molar-refractivity contribution in [2.75, 3.05) is 5.32 Å². The highest BCUT2D eigenvalue weighted by Crippen LogP contribution is 2.21. The first-order chi connectivity index (χ1) is 8.19. The smallest absolute Gasteiger partial charge is 0.320 e. The van der Waals surface area contributed by atoms with Gasteiger partial charge in [-0.05, 0) is 23.6 Å². The molecule has 17 heavy (non-hydrogen) atoms. The van der Waals surface area contributed by atoms with Crippen molar-refractivity contribution in [3.8, 4) is 0 Å². The zero-order valence-electron chi connectivity index (χ0n) is 9.77. The summed E-state index contributed by atoms with van der Waals surface area (Å²) in [5, 5.41) is 10.7. The topological polar surface area (TPSA) is 51.0 Å².